The van der Waals surface area contributed by atoms with Crippen molar-refractivity contribution < 1.29 is 0 Å². The molecule has 19 heavy (non-hydrogen) atoms. The smallest absolute Gasteiger partial charge is 0.215 e. The van der Waals surface area contributed by atoms with Crippen LogP contribution in [0.1, 0.15) is 0 Å². The SMILES string of the molecule is O=c1c2ncsc2c2sc3c4scnc4c(=O)c3c12. The molecule has 0 aliphatic carbocycles. The Morgan fingerprint density at radius 3 is 1.68 bits per heavy atom. The van der Waals surface area contributed by atoms with Crippen molar-refractivity contribution in [1.82, 2.24) is 9.97 Å². The first kappa shape index (κ1) is 10.1. The van der Waals surface area contributed by atoms with E-state index in [9.17, 15) is 9.59 Å². The molecule has 0 saturated heterocycles. The first-order valence-electron chi connectivity index (χ1n) is 5.41. The van der Waals surface area contributed by atoms with Gasteiger partial charge >= 0.3 is 0 Å². The molecule has 0 saturated carbocycles. The largest absolute Gasteiger partial charge is 0.287 e. The van der Waals surface area contributed by atoms with Crippen LogP contribution in [0.4, 0.5) is 0 Å². The maximum absolute atomic E-state index is 12.4. The fraction of sp³-hybridized carbons (Fsp3) is 0. The minimum Gasteiger partial charge on any atom is -0.287 e. The van der Waals surface area contributed by atoms with Gasteiger partial charge in [-0.2, -0.15) is 0 Å². The molecular formula is C12H2N2O2S3. The lowest BCUT2D eigenvalue weighted by atomic mass is 10.3. The Bertz CT molecular complexity index is 1110. The van der Waals surface area contributed by atoms with E-state index < -0.39 is 0 Å². The van der Waals surface area contributed by atoms with Gasteiger partial charge in [0.1, 0.15) is 11.0 Å². The second-order valence-corrected chi connectivity index (χ2v) is 6.96. The molecule has 90 valence electrons. The lowest BCUT2D eigenvalue weighted by Gasteiger charge is -1.75. The molecular weight excluding hydrogens is 300 g/mol. The normalized spacial score (nSPS) is 12.6. The number of hydrogen-bond donors (Lipinski definition) is 0. The Balaban J connectivity index is 2.28. The van der Waals surface area contributed by atoms with E-state index in [2.05, 4.69) is 9.97 Å². The van der Waals surface area contributed by atoms with E-state index in [1.54, 1.807) is 11.0 Å². The van der Waals surface area contributed by atoms with E-state index in [0.29, 0.717) is 21.8 Å². The molecule has 0 spiro atoms. The summed E-state index contributed by atoms with van der Waals surface area (Å²) in [6, 6.07) is 0. The summed E-state index contributed by atoms with van der Waals surface area (Å²) in [5.41, 5.74) is 4.10. The third kappa shape index (κ3) is 0.981. The predicted octanol–water partition coefficient (Wildman–Crippen LogP) is 2.87. The molecule has 0 amide bonds. The van der Waals surface area contributed by atoms with Gasteiger partial charge in [-0.3, -0.25) is 9.59 Å². The van der Waals surface area contributed by atoms with Crippen LogP contribution in [-0.2, 0) is 0 Å². The van der Waals surface area contributed by atoms with Crippen LogP contribution in [0.5, 0.6) is 0 Å². The van der Waals surface area contributed by atoms with Gasteiger partial charge in [0.2, 0.25) is 10.9 Å². The summed E-state index contributed by atoms with van der Waals surface area (Å²) in [5, 5.41) is 1.09. The van der Waals surface area contributed by atoms with E-state index >= 15 is 0 Å². The summed E-state index contributed by atoms with van der Waals surface area (Å²) >= 11 is 4.42. The van der Waals surface area contributed by atoms with Gasteiger partial charge in [0.05, 0.1) is 40.6 Å². The van der Waals surface area contributed by atoms with Crippen molar-refractivity contribution in [3.63, 3.8) is 0 Å². The highest BCUT2D eigenvalue weighted by molar-refractivity contribution is 7.33. The van der Waals surface area contributed by atoms with Crippen LogP contribution in [0.25, 0.3) is 40.6 Å². The number of thiophene rings is 1. The summed E-state index contributed by atoms with van der Waals surface area (Å²) in [5.74, 6) is 0. The third-order valence-corrected chi connectivity index (χ3v) is 6.51. The molecule has 4 nitrogen and oxygen atoms in total. The lowest BCUT2D eigenvalue weighted by molar-refractivity contribution is 1.49. The Hall–Kier alpha value is -1.70. The number of nitrogens with zero attached hydrogens (tertiary/aromatic N) is 2. The summed E-state index contributed by atoms with van der Waals surface area (Å²) in [7, 11) is 0. The Morgan fingerprint density at radius 2 is 1.21 bits per heavy atom. The van der Waals surface area contributed by atoms with Crippen LogP contribution < -0.4 is 10.9 Å². The zero-order valence-electron chi connectivity index (χ0n) is 9.09. The van der Waals surface area contributed by atoms with Crippen molar-refractivity contribution in [3.05, 3.63) is 31.5 Å². The molecule has 5 rings (SSSR count). The van der Waals surface area contributed by atoms with E-state index in [1.165, 1.54) is 34.0 Å². The van der Waals surface area contributed by atoms with Crippen LogP contribution in [0, 0.1) is 0 Å². The van der Waals surface area contributed by atoms with Crippen molar-refractivity contribution in [2.24, 2.45) is 0 Å². The zero-order valence-corrected chi connectivity index (χ0v) is 11.5. The number of fused-ring (bicyclic) bond motifs is 7. The van der Waals surface area contributed by atoms with Gasteiger partial charge in [0.15, 0.2) is 0 Å². The van der Waals surface area contributed by atoms with Crippen molar-refractivity contribution in [2.45, 2.75) is 0 Å². The van der Waals surface area contributed by atoms with E-state index in [-0.39, 0.29) is 10.9 Å². The first-order chi connectivity index (χ1) is 9.27. The summed E-state index contributed by atoms with van der Waals surface area (Å²) in [6.07, 6.45) is 0. The van der Waals surface area contributed by atoms with Crippen LogP contribution in [0.2, 0.25) is 0 Å². The Kier molecular flexibility index (Phi) is 1.63. The minimum atomic E-state index is -0.118. The van der Waals surface area contributed by atoms with Crippen LogP contribution in [-0.4, -0.2) is 9.97 Å². The Labute approximate surface area is 116 Å². The molecule has 0 N–H and O–H groups in total. The van der Waals surface area contributed by atoms with Gasteiger partial charge in [0.25, 0.3) is 0 Å². The maximum atomic E-state index is 12.4. The summed E-state index contributed by atoms with van der Waals surface area (Å²) < 4.78 is 3.61. The maximum Gasteiger partial charge on any atom is 0.215 e. The second-order valence-electron chi connectivity index (χ2n) is 4.23. The van der Waals surface area contributed by atoms with Crippen molar-refractivity contribution in [3.8, 4) is 0 Å². The summed E-state index contributed by atoms with van der Waals surface area (Å²) in [6.45, 7) is 0. The molecule has 0 aliphatic heterocycles. The van der Waals surface area contributed by atoms with Gasteiger partial charge in [-0.15, -0.1) is 34.0 Å². The molecule has 7 heteroatoms. The minimum absolute atomic E-state index is 0.118. The lowest BCUT2D eigenvalue weighted by Crippen LogP contribution is -2.00. The van der Waals surface area contributed by atoms with Crippen LogP contribution in [0.15, 0.2) is 20.6 Å². The van der Waals surface area contributed by atoms with E-state index in [0.717, 1.165) is 18.8 Å². The van der Waals surface area contributed by atoms with E-state index in [4.69, 9.17) is 0 Å². The average Bonchev–Trinajstić information content (AvgIpc) is 3.12. The highest BCUT2D eigenvalue weighted by Gasteiger charge is 2.24. The molecule has 3 heterocycles. The van der Waals surface area contributed by atoms with Gasteiger partial charge in [-0.05, 0) is 0 Å². The first-order valence-corrected chi connectivity index (χ1v) is 7.99. The molecule has 0 unspecified atom stereocenters. The molecule has 0 bridgehead atoms. The predicted molar refractivity (Wildman–Crippen MR) is 80.6 cm³/mol. The standard InChI is InChI=1S/C12H2N2O2S3/c15-7-3-4-8(16)6-12(18-2-14-6)10(4)19-9(3)11-5(7)13-1-17-11/h1-2H. The van der Waals surface area contributed by atoms with Crippen molar-refractivity contribution >= 4 is 74.6 Å². The molecule has 0 aliphatic rings. The quantitative estimate of drug-likeness (QED) is 0.441. The topological polar surface area (TPSA) is 59.9 Å². The van der Waals surface area contributed by atoms with Gasteiger partial charge in [0, 0.05) is 0 Å². The monoisotopic (exact) mass is 302 g/mol. The van der Waals surface area contributed by atoms with Gasteiger partial charge in [-0.1, -0.05) is 0 Å². The highest BCUT2D eigenvalue weighted by atomic mass is 32.1. The van der Waals surface area contributed by atoms with Crippen LogP contribution >= 0.6 is 34.0 Å². The molecule has 3 aromatic heterocycles. The highest BCUT2D eigenvalue weighted by Crippen LogP contribution is 2.41. The van der Waals surface area contributed by atoms with E-state index in [1.807, 2.05) is 0 Å². The number of rotatable bonds is 0. The van der Waals surface area contributed by atoms with Crippen LogP contribution in [0.3, 0.4) is 0 Å². The second kappa shape index (κ2) is 3.06. The summed E-state index contributed by atoms with van der Waals surface area (Å²) in [4.78, 5) is 32.9. The zero-order chi connectivity index (χ0) is 12.7. The van der Waals surface area contributed by atoms with Crippen molar-refractivity contribution in [1.29, 1.82) is 0 Å². The van der Waals surface area contributed by atoms with Crippen molar-refractivity contribution in [2.75, 3.05) is 0 Å². The van der Waals surface area contributed by atoms with Gasteiger partial charge < -0.3 is 0 Å². The molecule has 0 atom stereocenters. The molecule has 0 radical (unpaired) electrons. The number of thiazole rings is 2. The average molecular weight is 302 g/mol. The number of aromatic nitrogens is 2. The molecule has 0 fully saturated rings. The Morgan fingerprint density at radius 1 is 0.737 bits per heavy atom. The molecule has 5 aromatic rings. The number of hydrogen-bond acceptors (Lipinski definition) is 7. The fourth-order valence-electron chi connectivity index (χ4n) is 2.56. The van der Waals surface area contributed by atoms with Gasteiger partial charge in [-0.25, -0.2) is 9.97 Å². The third-order valence-electron chi connectivity index (χ3n) is 3.34. The molecule has 2 aromatic carbocycles. The fourth-order valence-corrected chi connectivity index (χ4v) is 5.73.